The Balaban J connectivity index is 1.23. The van der Waals surface area contributed by atoms with Gasteiger partial charge in [0.25, 0.3) is 11.8 Å². The summed E-state index contributed by atoms with van der Waals surface area (Å²) < 4.78 is 11.9. The molecule has 2 amide bonds. The average molecular weight is 683 g/mol. The van der Waals surface area contributed by atoms with Crippen LogP contribution in [0.3, 0.4) is 0 Å². The van der Waals surface area contributed by atoms with Crippen molar-refractivity contribution in [1.29, 1.82) is 0 Å². The molecular weight excluding hydrogens is 624 g/mol. The Morgan fingerprint density at radius 3 is 2.20 bits per heavy atom. The van der Waals surface area contributed by atoms with E-state index in [4.69, 9.17) is 9.47 Å². The van der Waals surface area contributed by atoms with Crippen molar-refractivity contribution in [3.8, 4) is 0 Å². The molecule has 1 aliphatic heterocycles. The number of fused-ring (bicyclic) bond motifs is 5. The van der Waals surface area contributed by atoms with Crippen LogP contribution in [-0.4, -0.2) is 86.7 Å². The van der Waals surface area contributed by atoms with E-state index in [1.807, 2.05) is 39.8 Å². The molecule has 12 atom stereocenters. The first kappa shape index (κ1) is 36.5. The number of carbonyl (C=O) groups is 2. The van der Waals surface area contributed by atoms with Crippen LogP contribution in [0.15, 0.2) is 29.8 Å². The van der Waals surface area contributed by atoms with Gasteiger partial charge in [0.05, 0.1) is 28.9 Å². The van der Waals surface area contributed by atoms with Gasteiger partial charge in [-0.25, -0.2) is 0 Å². The topological polar surface area (TPSA) is 158 Å². The quantitative estimate of drug-likeness (QED) is 0.232. The highest BCUT2D eigenvalue weighted by Gasteiger charge is 2.66. The fraction of sp³-hybridized carbons (Fsp3) is 0.744. The first-order valence-electron chi connectivity index (χ1n) is 18.5. The fourth-order valence-corrected chi connectivity index (χ4v) is 10.5. The lowest BCUT2D eigenvalue weighted by molar-refractivity contribution is -0.301. The van der Waals surface area contributed by atoms with E-state index in [1.54, 1.807) is 13.0 Å². The molecule has 1 saturated heterocycles. The standard InChI is InChI=1S/C39H58N2O8/c1-20(2)40-34(45)26-10-8-23(18-27(26)35(46)41-21(3)4)28-14-17-39(47)30-11-9-24-19-25(49-36-33(44)32(43)31(42)22(5)48-36)12-15-37(24,6)29(30)13-16-38(28,39)7/h8,10,18-22,25,28-33,36,42-44,47H,9,11-17H2,1-7H3,(H,40,45)(H,41,46)/t22-,25-,28+,29-,30+,31-,32+,33+,36-,37-,38+,39-/m0/s1. The Bertz CT molecular complexity index is 1460. The zero-order valence-electron chi connectivity index (χ0n) is 30.2. The van der Waals surface area contributed by atoms with Crippen molar-refractivity contribution >= 4 is 11.8 Å². The van der Waals surface area contributed by atoms with Crippen LogP contribution in [0, 0.1) is 22.7 Å². The fourth-order valence-electron chi connectivity index (χ4n) is 10.5. The lowest BCUT2D eigenvalue weighted by Gasteiger charge is -2.62. The van der Waals surface area contributed by atoms with Gasteiger partial charge in [-0.05, 0) is 127 Å². The maximum atomic E-state index is 13.4. The third kappa shape index (κ3) is 6.18. The molecule has 3 saturated carbocycles. The van der Waals surface area contributed by atoms with Crippen LogP contribution in [0.2, 0.25) is 0 Å². The summed E-state index contributed by atoms with van der Waals surface area (Å²) in [6, 6.07) is 5.54. The van der Waals surface area contributed by atoms with Gasteiger partial charge in [-0.3, -0.25) is 9.59 Å². The molecule has 0 bridgehead atoms. The molecule has 5 aliphatic rings. The van der Waals surface area contributed by atoms with Gasteiger partial charge in [-0.1, -0.05) is 31.6 Å². The number of nitrogens with one attached hydrogen (secondary N) is 2. The molecule has 6 rings (SSSR count). The summed E-state index contributed by atoms with van der Waals surface area (Å²) in [6.45, 7) is 13.9. The minimum absolute atomic E-state index is 0.0540. The minimum atomic E-state index is -1.33. The van der Waals surface area contributed by atoms with E-state index in [2.05, 4.69) is 30.6 Å². The molecule has 0 radical (unpaired) electrons. The first-order chi connectivity index (χ1) is 23.0. The van der Waals surface area contributed by atoms with E-state index in [9.17, 15) is 30.0 Å². The number of rotatable bonds is 7. The van der Waals surface area contributed by atoms with Gasteiger partial charge in [0.2, 0.25) is 0 Å². The number of aliphatic hydroxyl groups excluding tert-OH is 3. The number of hydrogen-bond donors (Lipinski definition) is 6. The second-order valence-corrected chi connectivity index (χ2v) is 16.8. The summed E-state index contributed by atoms with van der Waals surface area (Å²) in [4.78, 5) is 26.5. The number of amides is 2. The second-order valence-electron chi connectivity index (χ2n) is 16.8. The van der Waals surface area contributed by atoms with Gasteiger partial charge in [0.1, 0.15) is 18.3 Å². The Hall–Kier alpha value is -2.34. The summed E-state index contributed by atoms with van der Waals surface area (Å²) in [5, 5.41) is 49.7. The zero-order valence-corrected chi connectivity index (χ0v) is 30.2. The van der Waals surface area contributed by atoms with Gasteiger partial charge in [-0.2, -0.15) is 0 Å². The van der Waals surface area contributed by atoms with E-state index >= 15 is 0 Å². The van der Waals surface area contributed by atoms with Gasteiger partial charge in [-0.15, -0.1) is 0 Å². The van der Waals surface area contributed by atoms with E-state index in [0.717, 1.165) is 50.5 Å². The van der Waals surface area contributed by atoms with Crippen LogP contribution >= 0.6 is 0 Å². The molecule has 0 aromatic heterocycles. The minimum Gasteiger partial charge on any atom is -0.389 e. The van der Waals surface area contributed by atoms with E-state index in [1.165, 1.54) is 5.57 Å². The number of allylic oxidation sites excluding steroid dienone is 1. The van der Waals surface area contributed by atoms with E-state index in [-0.39, 0.29) is 52.7 Å². The van der Waals surface area contributed by atoms with E-state index < -0.39 is 36.3 Å². The maximum Gasteiger partial charge on any atom is 0.252 e. The largest absolute Gasteiger partial charge is 0.389 e. The van der Waals surface area contributed by atoms with Crippen LogP contribution in [0.25, 0.3) is 0 Å². The average Bonchev–Trinajstić information content (AvgIpc) is 3.32. The highest BCUT2D eigenvalue weighted by Crippen LogP contribution is 2.70. The molecule has 6 N–H and O–H groups in total. The molecule has 0 spiro atoms. The SMILES string of the molecule is CC(C)NC(=O)c1ccc([C@H]2CC[C@]3(O)[C@@H]4CCC5=C[C@@H](O[C@@H]6O[C@@H](C)[C@H](O)[C@@H](O)[C@H]6O)CC[C@]5(C)[C@H]4CC[C@]23C)cc1C(=O)NC(C)C. The zero-order chi connectivity index (χ0) is 35.6. The van der Waals surface area contributed by atoms with Crippen LogP contribution in [0.4, 0.5) is 0 Å². The summed E-state index contributed by atoms with van der Waals surface area (Å²) in [5.41, 5.74) is 1.76. The highest BCUT2D eigenvalue weighted by molar-refractivity contribution is 6.07. The number of benzene rings is 1. The first-order valence-corrected chi connectivity index (χ1v) is 18.5. The molecule has 10 nitrogen and oxygen atoms in total. The van der Waals surface area contributed by atoms with Crippen molar-refractivity contribution in [2.45, 2.75) is 160 Å². The molecule has 4 aliphatic carbocycles. The van der Waals surface area contributed by atoms with Crippen LogP contribution < -0.4 is 10.6 Å². The normalized spacial score (nSPS) is 41.8. The Morgan fingerprint density at radius 2 is 1.53 bits per heavy atom. The molecule has 10 heteroatoms. The van der Waals surface area contributed by atoms with Crippen molar-refractivity contribution in [1.82, 2.24) is 10.6 Å². The van der Waals surface area contributed by atoms with Crippen molar-refractivity contribution in [3.05, 3.63) is 46.5 Å². The lowest BCUT2D eigenvalue weighted by Crippen LogP contribution is -2.60. The third-order valence-corrected chi connectivity index (χ3v) is 13.2. The smallest absolute Gasteiger partial charge is 0.252 e. The van der Waals surface area contributed by atoms with Crippen molar-refractivity contribution < 1.29 is 39.5 Å². The Kier molecular flexibility index (Phi) is 9.92. The summed E-state index contributed by atoms with van der Waals surface area (Å²) in [6.07, 6.45) is 3.13. The van der Waals surface area contributed by atoms with Crippen LogP contribution in [0.5, 0.6) is 0 Å². The molecular formula is C39H58N2O8. The molecule has 1 aromatic carbocycles. The molecule has 1 aromatic rings. The maximum absolute atomic E-state index is 13.4. The number of carbonyl (C=O) groups excluding carboxylic acids is 2. The molecule has 49 heavy (non-hydrogen) atoms. The number of hydrogen-bond acceptors (Lipinski definition) is 8. The summed E-state index contributed by atoms with van der Waals surface area (Å²) in [7, 11) is 0. The lowest BCUT2D eigenvalue weighted by atomic mass is 9.45. The number of aliphatic hydroxyl groups is 4. The summed E-state index contributed by atoms with van der Waals surface area (Å²) in [5.74, 6) is -0.0269. The predicted octanol–water partition coefficient (Wildman–Crippen LogP) is 4.34. The van der Waals surface area contributed by atoms with Crippen molar-refractivity contribution in [2.24, 2.45) is 22.7 Å². The van der Waals surface area contributed by atoms with Gasteiger partial charge < -0.3 is 40.5 Å². The van der Waals surface area contributed by atoms with E-state index in [0.29, 0.717) is 23.5 Å². The Labute approximate surface area is 291 Å². The van der Waals surface area contributed by atoms with Crippen LogP contribution in [0.1, 0.15) is 132 Å². The highest BCUT2D eigenvalue weighted by atomic mass is 16.7. The second kappa shape index (κ2) is 13.3. The van der Waals surface area contributed by atoms with Gasteiger partial charge >= 0.3 is 0 Å². The Morgan fingerprint density at radius 1 is 0.857 bits per heavy atom. The molecule has 1 heterocycles. The van der Waals surface area contributed by atoms with Crippen molar-refractivity contribution in [3.63, 3.8) is 0 Å². The molecule has 272 valence electrons. The monoisotopic (exact) mass is 682 g/mol. The third-order valence-electron chi connectivity index (χ3n) is 13.2. The van der Waals surface area contributed by atoms with Crippen molar-refractivity contribution in [2.75, 3.05) is 0 Å². The molecule has 0 unspecified atom stereocenters. The predicted molar refractivity (Wildman–Crippen MR) is 185 cm³/mol. The van der Waals surface area contributed by atoms with Gasteiger partial charge in [0.15, 0.2) is 6.29 Å². The van der Waals surface area contributed by atoms with Crippen LogP contribution in [-0.2, 0) is 9.47 Å². The number of ether oxygens (including phenoxy) is 2. The summed E-state index contributed by atoms with van der Waals surface area (Å²) >= 11 is 0. The van der Waals surface area contributed by atoms with Gasteiger partial charge in [0, 0.05) is 17.5 Å². The molecule has 4 fully saturated rings.